The van der Waals surface area contributed by atoms with E-state index in [2.05, 4.69) is 10.2 Å². The van der Waals surface area contributed by atoms with Crippen molar-refractivity contribution < 1.29 is 23.0 Å². The largest absolute Gasteiger partial charge is 0.497 e. The zero-order valence-corrected chi connectivity index (χ0v) is 18.3. The van der Waals surface area contributed by atoms with Gasteiger partial charge in [0.05, 0.1) is 25.9 Å². The van der Waals surface area contributed by atoms with Crippen molar-refractivity contribution in [1.29, 1.82) is 0 Å². The van der Waals surface area contributed by atoms with E-state index >= 15 is 0 Å². The van der Waals surface area contributed by atoms with Crippen LogP contribution in [0.5, 0.6) is 11.5 Å². The van der Waals surface area contributed by atoms with Gasteiger partial charge in [-0.15, -0.1) is 0 Å². The Morgan fingerprint density at radius 2 is 1.74 bits per heavy atom. The number of piperidine rings is 1. The van der Waals surface area contributed by atoms with Crippen molar-refractivity contribution >= 4 is 11.6 Å². The topological polar surface area (TPSA) is 50.8 Å². The molecule has 5 nitrogen and oxygen atoms in total. The monoisotopic (exact) mass is 432 g/mol. The van der Waals surface area contributed by atoms with E-state index in [9.17, 15) is 13.6 Å². The third-order valence-electron chi connectivity index (χ3n) is 6.02. The van der Waals surface area contributed by atoms with Gasteiger partial charge in [0.25, 0.3) is 0 Å². The van der Waals surface area contributed by atoms with Crippen molar-refractivity contribution in [3.8, 4) is 11.5 Å². The number of anilines is 1. The van der Waals surface area contributed by atoms with Crippen molar-refractivity contribution in [3.63, 3.8) is 0 Å². The van der Waals surface area contributed by atoms with Gasteiger partial charge in [-0.1, -0.05) is 0 Å². The molecule has 0 aliphatic carbocycles. The van der Waals surface area contributed by atoms with Gasteiger partial charge >= 0.3 is 0 Å². The van der Waals surface area contributed by atoms with Gasteiger partial charge in [0.1, 0.15) is 23.1 Å². The first kappa shape index (κ1) is 23.0. The minimum atomic E-state index is -0.770. The van der Waals surface area contributed by atoms with Gasteiger partial charge < -0.3 is 14.8 Å². The summed E-state index contributed by atoms with van der Waals surface area (Å²) in [5.74, 6) is 0.445. The Bertz CT molecular complexity index is 876. The van der Waals surface area contributed by atoms with Crippen LogP contribution in [0.1, 0.15) is 31.7 Å². The zero-order valence-electron chi connectivity index (χ0n) is 18.3. The average molecular weight is 433 g/mol. The highest BCUT2D eigenvalue weighted by molar-refractivity contribution is 5.94. The van der Waals surface area contributed by atoms with E-state index in [0.29, 0.717) is 5.92 Å². The fourth-order valence-corrected chi connectivity index (χ4v) is 4.00. The summed E-state index contributed by atoms with van der Waals surface area (Å²) in [7, 11) is 3.30. The number of hydrogen-bond donors (Lipinski definition) is 1. The van der Waals surface area contributed by atoms with Crippen LogP contribution in [0, 0.1) is 17.6 Å². The third kappa shape index (κ3) is 6.17. The second-order valence-corrected chi connectivity index (χ2v) is 8.03. The lowest BCUT2D eigenvalue weighted by Gasteiger charge is -2.35. The molecule has 2 aromatic carbocycles. The maximum absolute atomic E-state index is 13.8. The molecule has 1 aliphatic rings. The Balaban J connectivity index is 1.48. The zero-order chi connectivity index (χ0) is 22.4. The summed E-state index contributed by atoms with van der Waals surface area (Å²) in [5.41, 5.74) is 1.19. The number of carbonyl (C=O) groups excluding carboxylic acids is 1. The standard InChI is InChI=1S/C24H30F2N2O3/c1-16(24(29)27-23-7-6-19(25)14-22(23)26)28-10-8-17(9-11-28)4-5-18-12-20(30-2)15-21(13-18)31-3/h6-7,12-17H,4-5,8-11H2,1-3H3,(H,27,29). The Morgan fingerprint density at radius 3 is 2.32 bits per heavy atom. The highest BCUT2D eigenvalue weighted by Gasteiger charge is 2.27. The average Bonchev–Trinajstić information content (AvgIpc) is 2.79. The molecule has 1 N–H and O–H groups in total. The van der Waals surface area contributed by atoms with E-state index in [1.54, 1.807) is 14.2 Å². The molecule has 7 heteroatoms. The summed E-state index contributed by atoms with van der Waals surface area (Å²) in [4.78, 5) is 14.6. The van der Waals surface area contributed by atoms with E-state index in [1.807, 2.05) is 25.1 Å². The van der Waals surface area contributed by atoms with Gasteiger partial charge in [-0.05, 0) is 81.4 Å². The van der Waals surface area contributed by atoms with Crippen LogP contribution in [0.25, 0.3) is 0 Å². The second-order valence-electron chi connectivity index (χ2n) is 8.03. The quantitative estimate of drug-likeness (QED) is 0.660. The van der Waals surface area contributed by atoms with Gasteiger partial charge in [-0.3, -0.25) is 9.69 Å². The van der Waals surface area contributed by atoms with Crippen LogP contribution in [0.3, 0.4) is 0 Å². The summed E-state index contributed by atoms with van der Waals surface area (Å²) in [5, 5.41) is 2.57. The molecule has 0 radical (unpaired) electrons. The molecule has 0 saturated carbocycles. The van der Waals surface area contributed by atoms with Gasteiger partial charge in [-0.2, -0.15) is 0 Å². The predicted molar refractivity (Wildman–Crippen MR) is 117 cm³/mol. The molecule has 0 spiro atoms. The van der Waals surface area contributed by atoms with Gasteiger partial charge in [0.15, 0.2) is 0 Å². The highest BCUT2D eigenvalue weighted by Crippen LogP contribution is 2.27. The summed E-state index contributed by atoms with van der Waals surface area (Å²) in [6, 6.07) is 8.71. The lowest BCUT2D eigenvalue weighted by Crippen LogP contribution is -2.46. The number of nitrogens with zero attached hydrogens (tertiary/aromatic N) is 1. The number of rotatable bonds is 8. The number of nitrogens with one attached hydrogen (secondary N) is 1. The molecule has 1 fully saturated rings. The number of likely N-dealkylation sites (tertiary alicyclic amines) is 1. The Kier molecular flexibility index (Phi) is 7.85. The number of ether oxygens (including phenoxy) is 2. The molecule has 1 unspecified atom stereocenters. The predicted octanol–water partition coefficient (Wildman–Crippen LogP) is 4.65. The number of amides is 1. The third-order valence-corrected chi connectivity index (χ3v) is 6.02. The maximum atomic E-state index is 13.8. The second kappa shape index (κ2) is 10.6. The lowest BCUT2D eigenvalue weighted by atomic mass is 9.90. The normalized spacial score (nSPS) is 16.0. The van der Waals surface area contributed by atoms with Gasteiger partial charge in [0, 0.05) is 12.1 Å². The van der Waals surface area contributed by atoms with E-state index < -0.39 is 11.6 Å². The maximum Gasteiger partial charge on any atom is 0.241 e. The molecule has 2 aromatic rings. The minimum absolute atomic E-state index is 0.00172. The number of halogens is 2. The molecular formula is C24H30F2N2O3. The molecule has 1 atom stereocenters. The van der Waals surface area contributed by atoms with Crippen LogP contribution in [0.2, 0.25) is 0 Å². The van der Waals surface area contributed by atoms with Crippen LogP contribution < -0.4 is 14.8 Å². The number of hydrogen-bond acceptors (Lipinski definition) is 4. The molecule has 31 heavy (non-hydrogen) atoms. The van der Waals surface area contributed by atoms with Crippen LogP contribution in [0.4, 0.5) is 14.5 Å². The summed E-state index contributed by atoms with van der Waals surface area (Å²) in [6.45, 7) is 3.44. The van der Waals surface area contributed by atoms with Crippen LogP contribution in [-0.2, 0) is 11.2 Å². The van der Waals surface area contributed by atoms with Crippen LogP contribution >= 0.6 is 0 Å². The summed E-state index contributed by atoms with van der Waals surface area (Å²) >= 11 is 0. The van der Waals surface area contributed by atoms with E-state index in [1.165, 1.54) is 11.6 Å². The van der Waals surface area contributed by atoms with Crippen molar-refractivity contribution in [1.82, 2.24) is 4.90 Å². The molecule has 0 aromatic heterocycles. The fraction of sp³-hybridized carbons (Fsp3) is 0.458. The highest BCUT2D eigenvalue weighted by atomic mass is 19.1. The first-order valence-electron chi connectivity index (χ1n) is 10.6. The molecule has 1 aliphatic heterocycles. The fourth-order valence-electron chi connectivity index (χ4n) is 4.00. The lowest BCUT2D eigenvalue weighted by molar-refractivity contribution is -0.121. The number of carbonyl (C=O) groups is 1. The molecule has 168 valence electrons. The smallest absolute Gasteiger partial charge is 0.241 e. The summed E-state index contributed by atoms with van der Waals surface area (Å²) in [6.07, 6.45) is 4.01. The SMILES string of the molecule is COc1cc(CCC2CCN(C(C)C(=O)Nc3ccc(F)cc3F)CC2)cc(OC)c1. The van der Waals surface area contributed by atoms with E-state index in [0.717, 1.165) is 62.4 Å². The Labute approximate surface area is 182 Å². The molecule has 0 bridgehead atoms. The summed E-state index contributed by atoms with van der Waals surface area (Å²) < 4.78 is 37.5. The van der Waals surface area contributed by atoms with Crippen LogP contribution in [-0.4, -0.2) is 44.2 Å². The molecule has 1 saturated heterocycles. The van der Waals surface area contributed by atoms with Gasteiger partial charge in [-0.25, -0.2) is 8.78 Å². The first-order chi connectivity index (χ1) is 14.9. The molecule has 3 rings (SSSR count). The number of methoxy groups -OCH3 is 2. The van der Waals surface area contributed by atoms with Gasteiger partial charge in [0.2, 0.25) is 5.91 Å². The van der Waals surface area contributed by atoms with Crippen LogP contribution in [0.15, 0.2) is 36.4 Å². The van der Waals surface area contributed by atoms with E-state index in [4.69, 9.17) is 9.47 Å². The van der Waals surface area contributed by atoms with Crippen molar-refractivity contribution in [3.05, 3.63) is 53.6 Å². The minimum Gasteiger partial charge on any atom is -0.497 e. The van der Waals surface area contributed by atoms with Crippen molar-refractivity contribution in [2.75, 3.05) is 32.6 Å². The van der Waals surface area contributed by atoms with Crippen molar-refractivity contribution in [2.24, 2.45) is 5.92 Å². The number of aryl methyl sites for hydroxylation is 1. The Morgan fingerprint density at radius 1 is 1.10 bits per heavy atom. The molecule has 1 heterocycles. The molecule has 1 amide bonds. The van der Waals surface area contributed by atoms with E-state index in [-0.39, 0.29) is 17.6 Å². The van der Waals surface area contributed by atoms with Crippen molar-refractivity contribution in [2.45, 2.75) is 38.6 Å². The molecular weight excluding hydrogens is 402 g/mol. The number of benzene rings is 2. The Hall–Kier alpha value is -2.67. The first-order valence-corrected chi connectivity index (χ1v) is 10.6.